The van der Waals surface area contributed by atoms with Crippen LogP contribution in [0, 0.1) is 0 Å². The normalized spacial score (nSPS) is 8.26. The maximum atomic E-state index is 9.01. The van der Waals surface area contributed by atoms with Crippen LogP contribution >= 0.6 is 0 Å². The number of carboxylic acid groups (broad SMARTS) is 4. The Labute approximate surface area is 194 Å². The Morgan fingerprint density at radius 3 is 1.00 bits per heavy atom. The van der Waals surface area contributed by atoms with Crippen LogP contribution in [0.25, 0.3) is 0 Å². The second kappa shape index (κ2) is 38.9. The van der Waals surface area contributed by atoms with Gasteiger partial charge in [0, 0.05) is 0 Å². The Morgan fingerprint density at radius 2 is 0.839 bits per heavy atom. The molecule has 0 rings (SSSR count). The van der Waals surface area contributed by atoms with Gasteiger partial charge in [0.05, 0.1) is 50.3 Å². The fourth-order valence-electron chi connectivity index (χ4n) is 0.930. The molecule has 0 aromatic rings. The number of hydrogen-bond donors (Lipinski definition) is 6. The minimum Gasteiger partial charge on any atom is -0.548 e. The molecule has 6 N–H and O–H groups in total. The molecular weight excluding hydrogens is 464 g/mol. The number of carbonyl (C=O) groups excluding carboxylic acids is 4. The summed E-state index contributed by atoms with van der Waals surface area (Å²) in [5.41, 5.74) is 0. The number of carbonyl (C=O) groups is 4. The number of hydrogen-bond acceptors (Lipinski definition) is 14. The molecule has 182 valence electrons. The first-order valence-electron chi connectivity index (χ1n) is 8.44. The molecule has 0 unspecified atom stereocenters. The van der Waals surface area contributed by atoms with Crippen LogP contribution in [-0.2, 0) is 40.9 Å². The van der Waals surface area contributed by atoms with E-state index in [0.717, 1.165) is 12.8 Å². The van der Waals surface area contributed by atoms with Crippen molar-refractivity contribution >= 4 is 23.9 Å². The second-order valence-electron chi connectivity index (χ2n) is 4.80. The fourth-order valence-corrected chi connectivity index (χ4v) is 0.930. The molecule has 0 amide bonds. The zero-order valence-corrected chi connectivity index (χ0v) is 18.7. The quantitative estimate of drug-likeness (QED) is 0.0935. The molecule has 0 aromatic carbocycles. The Morgan fingerprint density at radius 1 is 0.613 bits per heavy atom. The molecule has 0 aliphatic heterocycles. The molecule has 0 aliphatic rings. The SMILES string of the molecule is CCCCCCCC(O)O.O=C([O-])CO.O=C([O-])CO.O=C([O-])CO.O=C([O-])CO.[Ti+4]. The number of unbranched alkanes of at least 4 members (excludes halogenated alkanes) is 4. The number of aliphatic carboxylic acids is 4. The smallest absolute Gasteiger partial charge is 0.548 e. The van der Waals surface area contributed by atoms with Crippen molar-refractivity contribution < 1.29 is 92.0 Å². The number of aliphatic hydroxyl groups is 6. The van der Waals surface area contributed by atoms with Crippen molar-refractivity contribution in [3.63, 3.8) is 0 Å². The topological polar surface area (TPSA) is 282 Å². The molecule has 0 aliphatic carbocycles. The average molecular weight is 494 g/mol. The molecule has 0 bridgehead atoms. The van der Waals surface area contributed by atoms with E-state index in [0.29, 0.717) is 6.42 Å². The molecule has 0 saturated carbocycles. The summed E-state index contributed by atoms with van der Waals surface area (Å²) < 4.78 is 0. The van der Waals surface area contributed by atoms with Crippen LogP contribution in [0.15, 0.2) is 0 Å². The van der Waals surface area contributed by atoms with Crippen molar-refractivity contribution in [2.45, 2.75) is 51.7 Å². The van der Waals surface area contributed by atoms with Crippen LogP contribution in [0.4, 0.5) is 0 Å². The van der Waals surface area contributed by atoms with Gasteiger partial charge in [0.25, 0.3) is 0 Å². The zero-order chi connectivity index (χ0) is 25.0. The van der Waals surface area contributed by atoms with Gasteiger partial charge in [-0.25, -0.2) is 0 Å². The molecule has 0 spiro atoms. The summed E-state index contributed by atoms with van der Waals surface area (Å²) in [4.78, 5) is 36.0. The zero-order valence-electron chi connectivity index (χ0n) is 17.1. The molecule has 0 radical (unpaired) electrons. The summed E-state index contributed by atoms with van der Waals surface area (Å²) in [6.07, 6.45) is 5.24. The molecule has 0 fully saturated rings. The van der Waals surface area contributed by atoms with E-state index in [1.165, 1.54) is 19.3 Å². The predicted molar refractivity (Wildman–Crippen MR) is 90.0 cm³/mol. The van der Waals surface area contributed by atoms with E-state index in [9.17, 15) is 0 Å². The minimum atomic E-state index is -1.44. The summed E-state index contributed by atoms with van der Waals surface area (Å²) in [5.74, 6) is -5.76. The van der Waals surface area contributed by atoms with Gasteiger partial charge < -0.3 is 70.2 Å². The van der Waals surface area contributed by atoms with E-state index in [4.69, 9.17) is 70.2 Å². The molecular formula is C16H30O14Ti. The van der Waals surface area contributed by atoms with Gasteiger partial charge >= 0.3 is 21.7 Å². The fraction of sp³-hybridized carbons (Fsp3) is 0.750. The Hall–Kier alpha value is -1.65. The van der Waals surface area contributed by atoms with E-state index in [2.05, 4.69) is 6.92 Å². The van der Waals surface area contributed by atoms with E-state index in [1.54, 1.807) is 0 Å². The van der Waals surface area contributed by atoms with E-state index in [-0.39, 0.29) is 21.7 Å². The van der Waals surface area contributed by atoms with Gasteiger partial charge in [-0.05, 0) is 12.8 Å². The molecule has 0 heterocycles. The molecule has 0 saturated heterocycles. The third kappa shape index (κ3) is 110. The number of aliphatic hydroxyl groups excluding tert-OH is 5. The van der Waals surface area contributed by atoms with Gasteiger partial charge in [-0.3, -0.25) is 0 Å². The van der Waals surface area contributed by atoms with Crippen LogP contribution in [-0.4, -0.2) is 87.2 Å². The molecule has 14 nitrogen and oxygen atoms in total. The first-order valence-corrected chi connectivity index (χ1v) is 8.44. The third-order valence-corrected chi connectivity index (χ3v) is 2.08. The molecule has 0 aromatic heterocycles. The maximum Gasteiger partial charge on any atom is 4.00 e. The van der Waals surface area contributed by atoms with Gasteiger partial charge in [-0.15, -0.1) is 0 Å². The molecule has 0 atom stereocenters. The van der Waals surface area contributed by atoms with Crippen LogP contribution in [0.2, 0.25) is 0 Å². The molecule has 15 heteroatoms. The van der Waals surface area contributed by atoms with Crippen LogP contribution in [0.1, 0.15) is 45.4 Å². The number of rotatable bonds is 10. The monoisotopic (exact) mass is 494 g/mol. The first kappa shape index (κ1) is 43.3. The van der Waals surface area contributed by atoms with E-state index >= 15 is 0 Å². The van der Waals surface area contributed by atoms with Gasteiger partial charge in [-0.1, -0.05) is 32.6 Å². The predicted octanol–water partition coefficient (Wildman–Crippen LogP) is -7.43. The summed E-state index contributed by atoms with van der Waals surface area (Å²) >= 11 is 0. The average Bonchev–Trinajstić information content (AvgIpc) is 2.69. The van der Waals surface area contributed by atoms with Gasteiger partial charge in [-0.2, -0.15) is 0 Å². The number of carboxylic acids is 4. The summed E-state index contributed by atoms with van der Waals surface area (Å²) in [6, 6.07) is 0. The second-order valence-corrected chi connectivity index (χ2v) is 4.80. The summed E-state index contributed by atoms with van der Waals surface area (Å²) in [7, 11) is 0. The standard InChI is InChI=1S/C8H18O2.4C2H4O3.Ti/c1-2-3-4-5-6-7-8(9)10;4*3-1-2(4)5;/h8-10H,2-7H2,1H3;4*3H,1H2,(H,4,5);/q;;;;;+4/p-4. The first-order chi connectivity index (χ1) is 13.9. The van der Waals surface area contributed by atoms with Gasteiger partial charge in [0.2, 0.25) is 0 Å². The van der Waals surface area contributed by atoms with Crippen LogP contribution in [0.3, 0.4) is 0 Å². The van der Waals surface area contributed by atoms with Crippen molar-refractivity contribution in [3.05, 3.63) is 0 Å². The van der Waals surface area contributed by atoms with E-state index in [1.807, 2.05) is 0 Å². The van der Waals surface area contributed by atoms with Crippen molar-refractivity contribution in [3.8, 4) is 0 Å². The Kier molecular flexibility index (Phi) is 54.3. The van der Waals surface area contributed by atoms with Crippen molar-refractivity contribution in [2.75, 3.05) is 26.4 Å². The van der Waals surface area contributed by atoms with E-state index < -0.39 is 56.6 Å². The van der Waals surface area contributed by atoms with Crippen molar-refractivity contribution in [1.82, 2.24) is 0 Å². The Bertz CT molecular complexity index is 348. The van der Waals surface area contributed by atoms with Crippen LogP contribution < -0.4 is 20.4 Å². The third-order valence-electron chi connectivity index (χ3n) is 2.08. The minimum absolute atomic E-state index is 0. The van der Waals surface area contributed by atoms with Gasteiger partial charge in [0.15, 0.2) is 6.29 Å². The summed E-state index contributed by atoms with van der Waals surface area (Å²) in [5, 5.41) is 82.9. The van der Waals surface area contributed by atoms with Crippen LogP contribution in [0.5, 0.6) is 0 Å². The van der Waals surface area contributed by atoms with Crippen molar-refractivity contribution in [1.29, 1.82) is 0 Å². The molecule has 31 heavy (non-hydrogen) atoms. The van der Waals surface area contributed by atoms with Gasteiger partial charge in [0.1, 0.15) is 0 Å². The maximum absolute atomic E-state index is 9.01. The largest absolute Gasteiger partial charge is 4.00 e. The summed E-state index contributed by atoms with van der Waals surface area (Å²) in [6.45, 7) is -1.39. The van der Waals surface area contributed by atoms with Crippen molar-refractivity contribution in [2.24, 2.45) is 0 Å². The Balaban J connectivity index is -0.0000000652.